The second-order valence-electron chi connectivity index (χ2n) is 5.86. The summed E-state index contributed by atoms with van der Waals surface area (Å²) in [5, 5.41) is 9.94. The molecule has 0 aromatic heterocycles. The van der Waals surface area contributed by atoms with E-state index in [0.717, 1.165) is 11.3 Å². The lowest BCUT2D eigenvalue weighted by Gasteiger charge is -2.09. The van der Waals surface area contributed by atoms with Crippen LogP contribution in [0.5, 0.6) is 5.75 Å². The van der Waals surface area contributed by atoms with Gasteiger partial charge in [0.05, 0.1) is 6.21 Å². The van der Waals surface area contributed by atoms with Gasteiger partial charge in [-0.05, 0) is 58.4 Å². The van der Waals surface area contributed by atoms with Crippen molar-refractivity contribution in [3.8, 4) is 5.75 Å². The third-order valence-electron chi connectivity index (χ3n) is 3.94. The molecule has 0 aliphatic rings. The molecule has 3 rings (SSSR count). The van der Waals surface area contributed by atoms with Crippen molar-refractivity contribution in [2.75, 3.05) is 6.54 Å². The van der Waals surface area contributed by atoms with Crippen LogP contribution in [0.2, 0.25) is 0 Å². The Labute approximate surface area is 164 Å². The number of thiocarbonyl (C=S) groups is 1. The summed E-state index contributed by atoms with van der Waals surface area (Å²) in [7, 11) is 0. The van der Waals surface area contributed by atoms with E-state index in [4.69, 9.17) is 17.0 Å². The van der Waals surface area contributed by atoms with Crippen molar-refractivity contribution in [2.45, 2.75) is 6.61 Å². The van der Waals surface area contributed by atoms with E-state index in [0.29, 0.717) is 18.3 Å². The zero-order valence-electron chi connectivity index (χ0n) is 14.9. The number of rotatable bonds is 7. The fraction of sp³-hybridized carbons (Fsp3) is 0.0909. The van der Waals surface area contributed by atoms with Gasteiger partial charge in [0.15, 0.2) is 5.11 Å². The highest BCUT2D eigenvalue weighted by Gasteiger charge is 2.01. The van der Waals surface area contributed by atoms with Gasteiger partial charge in [-0.15, -0.1) is 6.58 Å². The van der Waals surface area contributed by atoms with Gasteiger partial charge in [-0.2, -0.15) is 5.10 Å². The van der Waals surface area contributed by atoms with Crippen LogP contribution in [0, 0.1) is 0 Å². The van der Waals surface area contributed by atoms with E-state index in [1.807, 2.05) is 36.4 Å². The summed E-state index contributed by atoms with van der Waals surface area (Å²) in [6.45, 7) is 4.75. The highest BCUT2D eigenvalue weighted by atomic mass is 32.1. The van der Waals surface area contributed by atoms with Crippen molar-refractivity contribution < 1.29 is 4.74 Å². The summed E-state index contributed by atoms with van der Waals surface area (Å²) in [4.78, 5) is 0. The number of nitrogens with one attached hydrogen (secondary N) is 2. The van der Waals surface area contributed by atoms with Crippen LogP contribution in [0.25, 0.3) is 10.8 Å². The number of benzene rings is 3. The average Bonchev–Trinajstić information content (AvgIpc) is 2.71. The number of nitrogens with zero attached hydrogens (tertiary/aromatic N) is 1. The van der Waals surface area contributed by atoms with Gasteiger partial charge >= 0.3 is 0 Å². The number of hydrogen-bond acceptors (Lipinski definition) is 3. The first kappa shape index (κ1) is 18.6. The van der Waals surface area contributed by atoms with Crippen LogP contribution in [0.3, 0.4) is 0 Å². The Morgan fingerprint density at radius 1 is 1.04 bits per heavy atom. The zero-order chi connectivity index (χ0) is 18.9. The Kier molecular flexibility index (Phi) is 6.55. The molecule has 0 aliphatic carbocycles. The fourth-order valence-corrected chi connectivity index (χ4v) is 2.74. The molecular weight excluding hydrogens is 354 g/mol. The molecule has 3 aromatic carbocycles. The first-order chi connectivity index (χ1) is 13.3. The predicted molar refractivity (Wildman–Crippen MR) is 116 cm³/mol. The molecule has 27 heavy (non-hydrogen) atoms. The summed E-state index contributed by atoms with van der Waals surface area (Å²) >= 11 is 5.07. The molecule has 2 N–H and O–H groups in total. The number of hydrazone groups is 1. The maximum absolute atomic E-state index is 5.94. The lowest BCUT2D eigenvalue weighted by Crippen LogP contribution is -2.31. The Hall–Kier alpha value is -3.18. The highest BCUT2D eigenvalue weighted by molar-refractivity contribution is 7.80. The smallest absolute Gasteiger partial charge is 0.187 e. The third-order valence-corrected chi connectivity index (χ3v) is 4.18. The zero-order valence-corrected chi connectivity index (χ0v) is 15.7. The van der Waals surface area contributed by atoms with Gasteiger partial charge in [-0.25, -0.2) is 0 Å². The van der Waals surface area contributed by atoms with Crippen molar-refractivity contribution in [3.63, 3.8) is 0 Å². The van der Waals surface area contributed by atoms with Crippen molar-refractivity contribution in [3.05, 3.63) is 90.5 Å². The molecule has 0 spiro atoms. The van der Waals surface area contributed by atoms with E-state index in [9.17, 15) is 0 Å². The van der Waals surface area contributed by atoms with Gasteiger partial charge in [-0.3, -0.25) is 5.43 Å². The van der Waals surface area contributed by atoms with E-state index < -0.39 is 0 Å². The molecule has 0 radical (unpaired) electrons. The number of fused-ring (bicyclic) bond motifs is 1. The Balaban J connectivity index is 1.56. The van der Waals surface area contributed by atoms with Gasteiger partial charge < -0.3 is 10.1 Å². The van der Waals surface area contributed by atoms with Crippen LogP contribution in [-0.2, 0) is 6.61 Å². The molecule has 0 heterocycles. The summed E-state index contributed by atoms with van der Waals surface area (Å²) in [6, 6.07) is 22.3. The first-order valence-electron chi connectivity index (χ1n) is 8.63. The molecule has 136 valence electrons. The lowest BCUT2D eigenvalue weighted by molar-refractivity contribution is 0.307. The molecule has 0 unspecified atom stereocenters. The van der Waals surface area contributed by atoms with E-state index in [1.54, 1.807) is 12.3 Å². The van der Waals surface area contributed by atoms with Gasteiger partial charge in [-0.1, -0.05) is 48.5 Å². The van der Waals surface area contributed by atoms with E-state index in [1.165, 1.54) is 16.3 Å². The van der Waals surface area contributed by atoms with Crippen LogP contribution in [0.1, 0.15) is 11.1 Å². The number of ether oxygens (including phenoxy) is 1. The largest absolute Gasteiger partial charge is 0.489 e. The minimum Gasteiger partial charge on any atom is -0.489 e. The first-order valence-corrected chi connectivity index (χ1v) is 9.04. The quantitative estimate of drug-likeness (QED) is 0.278. The van der Waals surface area contributed by atoms with Crippen LogP contribution >= 0.6 is 12.2 Å². The molecule has 0 aliphatic heterocycles. The molecule has 0 atom stereocenters. The maximum Gasteiger partial charge on any atom is 0.187 e. The number of hydrogen-bond donors (Lipinski definition) is 2. The predicted octanol–water partition coefficient (Wildman–Crippen LogP) is 4.40. The minimum atomic E-state index is 0.459. The molecule has 0 bridgehead atoms. The van der Waals surface area contributed by atoms with E-state index in [2.05, 4.69) is 52.8 Å². The van der Waals surface area contributed by atoms with Crippen molar-refractivity contribution in [1.82, 2.24) is 10.7 Å². The van der Waals surface area contributed by atoms with Gasteiger partial charge in [0.2, 0.25) is 0 Å². The van der Waals surface area contributed by atoms with Gasteiger partial charge in [0.25, 0.3) is 0 Å². The average molecular weight is 375 g/mol. The highest BCUT2D eigenvalue weighted by Crippen LogP contribution is 2.20. The molecule has 0 saturated heterocycles. The SMILES string of the molecule is C=CCNC(=S)NN=Cc1ccc(OCc2cccc3ccccc23)cc1. The summed E-state index contributed by atoms with van der Waals surface area (Å²) in [5.41, 5.74) is 4.88. The molecule has 4 nitrogen and oxygen atoms in total. The van der Waals surface area contributed by atoms with E-state index >= 15 is 0 Å². The summed E-state index contributed by atoms with van der Waals surface area (Å²) < 4.78 is 5.94. The molecular formula is C22H21N3OS. The summed E-state index contributed by atoms with van der Waals surface area (Å²) in [6.07, 6.45) is 3.44. The summed E-state index contributed by atoms with van der Waals surface area (Å²) in [5.74, 6) is 0.816. The standard InChI is InChI=1S/C22H21N3OS/c1-2-14-23-22(27)25-24-15-17-10-12-20(13-11-17)26-16-19-8-5-7-18-6-3-4-9-21(18)19/h2-13,15H,1,14,16H2,(H2,23,25,27). The third kappa shape index (κ3) is 5.39. The van der Waals surface area contributed by atoms with Crippen LogP contribution < -0.4 is 15.5 Å². The van der Waals surface area contributed by atoms with Crippen molar-refractivity contribution >= 4 is 34.3 Å². The minimum absolute atomic E-state index is 0.459. The normalized spacial score (nSPS) is 10.7. The monoisotopic (exact) mass is 375 g/mol. The fourth-order valence-electron chi connectivity index (χ4n) is 2.60. The van der Waals surface area contributed by atoms with E-state index in [-0.39, 0.29) is 0 Å². The molecule has 5 heteroatoms. The van der Waals surface area contributed by atoms with Gasteiger partial charge in [0, 0.05) is 6.54 Å². The molecule has 0 amide bonds. The van der Waals surface area contributed by atoms with Crippen molar-refractivity contribution in [2.24, 2.45) is 5.10 Å². The second kappa shape index (κ2) is 9.50. The van der Waals surface area contributed by atoms with Crippen LogP contribution in [0.15, 0.2) is 84.5 Å². The van der Waals surface area contributed by atoms with Crippen LogP contribution in [0.4, 0.5) is 0 Å². The van der Waals surface area contributed by atoms with Crippen LogP contribution in [-0.4, -0.2) is 17.9 Å². The Morgan fingerprint density at radius 2 is 1.81 bits per heavy atom. The molecule has 0 saturated carbocycles. The topological polar surface area (TPSA) is 45.7 Å². The molecule has 3 aromatic rings. The molecule has 0 fully saturated rings. The Bertz CT molecular complexity index is 946. The van der Waals surface area contributed by atoms with Crippen molar-refractivity contribution in [1.29, 1.82) is 0 Å². The second-order valence-corrected chi connectivity index (χ2v) is 6.27. The lowest BCUT2D eigenvalue weighted by atomic mass is 10.1. The Morgan fingerprint density at radius 3 is 2.63 bits per heavy atom. The maximum atomic E-state index is 5.94. The van der Waals surface area contributed by atoms with Gasteiger partial charge in [0.1, 0.15) is 12.4 Å².